The van der Waals surface area contributed by atoms with Crippen LogP contribution in [0.15, 0.2) is 82.4 Å². The second-order valence-electron chi connectivity index (χ2n) is 9.00. The van der Waals surface area contributed by atoms with Crippen LogP contribution in [-0.4, -0.2) is 30.7 Å². The van der Waals surface area contributed by atoms with E-state index in [1.165, 1.54) is 0 Å². The Bertz CT molecular complexity index is 1210. The number of carbonyl (C=O) groups excluding carboxylic acids is 2. The van der Waals surface area contributed by atoms with Crippen LogP contribution in [0.1, 0.15) is 37.0 Å². The van der Waals surface area contributed by atoms with Crippen molar-refractivity contribution in [2.45, 2.75) is 39.8 Å². The number of halogens is 1. The molecule has 0 spiro atoms. The van der Waals surface area contributed by atoms with Crippen LogP contribution in [0.5, 0.6) is 11.5 Å². The van der Waals surface area contributed by atoms with Crippen LogP contribution < -0.4 is 20.2 Å². The Labute approximate surface area is 226 Å². The molecule has 194 valence electrons. The van der Waals surface area contributed by atoms with Crippen LogP contribution in [0.4, 0.5) is 0 Å². The lowest BCUT2D eigenvalue weighted by Crippen LogP contribution is -2.47. The molecule has 0 aliphatic heterocycles. The normalized spacial score (nSPS) is 11.8. The highest BCUT2D eigenvalue weighted by atomic mass is 79.9. The van der Waals surface area contributed by atoms with E-state index >= 15 is 0 Å². The molecule has 0 saturated heterocycles. The number of hydrogen-bond donors (Lipinski definition) is 2. The van der Waals surface area contributed by atoms with Gasteiger partial charge < -0.3 is 14.8 Å². The molecular weight excluding hydrogens is 534 g/mol. The SMILES string of the molecule is Cc1ccccc1OCC(=O)N[C@H](CC(C)C)C(=O)N/N=C\c1ccc(OCc2ccccc2)c(Br)c1. The number of aryl methyl sites for hydroxylation is 1. The summed E-state index contributed by atoms with van der Waals surface area (Å²) in [6.07, 6.45) is 2.01. The van der Waals surface area contributed by atoms with Crippen LogP contribution in [-0.2, 0) is 16.2 Å². The first-order chi connectivity index (χ1) is 17.8. The van der Waals surface area contributed by atoms with Gasteiger partial charge in [-0.1, -0.05) is 62.4 Å². The number of ether oxygens (including phenoxy) is 2. The number of benzene rings is 3. The van der Waals surface area contributed by atoms with E-state index in [2.05, 4.69) is 31.8 Å². The Balaban J connectivity index is 1.53. The van der Waals surface area contributed by atoms with E-state index in [0.29, 0.717) is 24.5 Å². The summed E-state index contributed by atoms with van der Waals surface area (Å²) in [5.41, 5.74) is 5.32. The van der Waals surface area contributed by atoms with E-state index in [1.54, 1.807) is 12.3 Å². The zero-order valence-electron chi connectivity index (χ0n) is 21.2. The summed E-state index contributed by atoms with van der Waals surface area (Å²) in [7, 11) is 0. The summed E-state index contributed by atoms with van der Waals surface area (Å²) in [5.74, 6) is 0.767. The van der Waals surface area contributed by atoms with Crippen molar-refractivity contribution in [2.24, 2.45) is 11.0 Å². The van der Waals surface area contributed by atoms with Gasteiger partial charge in [-0.2, -0.15) is 5.10 Å². The van der Waals surface area contributed by atoms with Gasteiger partial charge in [0.1, 0.15) is 24.1 Å². The molecule has 0 aromatic heterocycles. The molecule has 0 fully saturated rings. The van der Waals surface area contributed by atoms with Gasteiger partial charge in [0.25, 0.3) is 11.8 Å². The molecule has 3 rings (SSSR count). The van der Waals surface area contributed by atoms with Crippen LogP contribution in [0.25, 0.3) is 0 Å². The maximum Gasteiger partial charge on any atom is 0.262 e. The first kappa shape index (κ1) is 27.9. The molecule has 0 aliphatic rings. The van der Waals surface area contributed by atoms with Crippen molar-refractivity contribution in [3.63, 3.8) is 0 Å². The Morgan fingerprint density at radius 3 is 2.41 bits per heavy atom. The monoisotopic (exact) mass is 565 g/mol. The van der Waals surface area contributed by atoms with Crippen LogP contribution in [0, 0.1) is 12.8 Å². The van der Waals surface area contributed by atoms with E-state index in [4.69, 9.17) is 9.47 Å². The van der Waals surface area contributed by atoms with Gasteiger partial charge in [-0.25, -0.2) is 5.43 Å². The molecule has 2 N–H and O–H groups in total. The predicted octanol–water partition coefficient (Wildman–Crippen LogP) is 5.40. The van der Waals surface area contributed by atoms with Crippen LogP contribution in [0.3, 0.4) is 0 Å². The summed E-state index contributed by atoms with van der Waals surface area (Å²) in [5, 5.41) is 6.83. The van der Waals surface area contributed by atoms with E-state index < -0.39 is 11.9 Å². The molecule has 0 bridgehead atoms. The molecular formula is C29H32BrN3O4. The Morgan fingerprint density at radius 2 is 1.70 bits per heavy atom. The van der Waals surface area contributed by atoms with Crippen LogP contribution >= 0.6 is 15.9 Å². The number of carbonyl (C=O) groups is 2. The number of amides is 2. The Kier molecular flexibility index (Phi) is 10.7. The molecule has 37 heavy (non-hydrogen) atoms. The van der Waals surface area contributed by atoms with Crippen LogP contribution in [0.2, 0.25) is 0 Å². The minimum atomic E-state index is -0.731. The Morgan fingerprint density at radius 1 is 0.973 bits per heavy atom. The first-order valence-corrected chi connectivity index (χ1v) is 12.9. The predicted molar refractivity (Wildman–Crippen MR) is 149 cm³/mol. The smallest absolute Gasteiger partial charge is 0.262 e. The van der Waals surface area contributed by atoms with Gasteiger partial charge in [-0.3, -0.25) is 9.59 Å². The molecule has 0 heterocycles. The number of nitrogens with zero attached hydrogens (tertiary/aromatic N) is 1. The van der Waals surface area contributed by atoms with Crippen molar-refractivity contribution in [1.29, 1.82) is 0 Å². The van der Waals surface area contributed by atoms with Crippen molar-refractivity contribution in [3.05, 3.63) is 94.0 Å². The third kappa shape index (κ3) is 9.38. The number of nitrogens with one attached hydrogen (secondary N) is 2. The number of hydrazone groups is 1. The highest BCUT2D eigenvalue weighted by molar-refractivity contribution is 9.10. The standard InChI is InChI=1S/C29H32BrN3O4/c1-20(2)15-25(32-28(34)19-37-26-12-8-7-9-21(26)3)29(35)33-31-17-23-13-14-27(24(30)16-23)36-18-22-10-5-4-6-11-22/h4-14,16-17,20,25H,15,18-19H2,1-3H3,(H,32,34)(H,33,35)/b31-17-/t25-/m1/s1. The van der Waals surface area contributed by atoms with Gasteiger partial charge >= 0.3 is 0 Å². The number of para-hydroxylation sites is 1. The summed E-state index contributed by atoms with van der Waals surface area (Å²) in [4.78, 5) is 25.2. The van der Waals surface area contributed by atoms with Crippen molar-refractivity contribution in [2.75, 3.05) is 6.61 Å². The fourth-order valence-corrected chi connectivity index (χ4v) is 4.01. The molecule has 7 nitrogen and oxygen atoms in total. The molecule has 1 atom stereocenters. The average Bonchev–Trinajstić information content (AvgIpc) is 2.87. The van der Waals surface area contributed by atoms with Crippen molar-refractivity contribution in [3.8, 4) is 11.5 Å². The number of rotatable bonds is 12. The highest BCUT2D eigenvalue weighted by Crippen LogP contribution is 2.26. The van der Waals surface area contributed by atoms with Crippen molar-refractivity contribution >= 4 is 34.0 Å². The Hall–Kier alpha value is -3.65. The zero-order chi connectivity index (χ0) is 26.6. The third-order valence-electron chi connectivity index (χ3n) is 5.39. The highest BCUT2D eigenvalue weighted by Gasteiger charge is 2.22. The molecule has 3 aromatic carbocycles. The number of hydrogen-bond acceptors (Lipinski definition) is 5. The zero-order valence-corrected chi connectivity index (χ0v) is 22.8. The second-order valence-corrected chi connectivity index (χ2v) is 9.86. The molecule has 0 saturated carbocycles. The second kappa shape index (κ2) is 14.2. The summed E-state index contributed by atoms with van der Waals surface area (Å²) in [6, 6.07) is 22.2. The van der Waals surface area contributed by atoms with Gasteiger partial charge in [0.15, 0.2) is 6.61 Å². The fourth-order valence-electron chi connectivity index (χ4n) is 3.50. The largest absolute Gasteiger partial charge is 0.488 e. The minimum Gasteiger partial charge on any atom is -0.488 e. The van der Waals surface area contributed by atoms with Crippen molar-refractivity contribution < 1.29 is 19.1 Å². The molecule has 0 radical (unpaired) electrons. The lowest BCUT2D eigenvalue weighted by atomic mass is 10.0. The maximum atomic E-state index is 12.8. The first-order valence-electron chi connectivity index (χ1n) is 12.1. The van der Waals surface area contributed by atoms with Gasteiger partial charge in [0.2, 0.25) is 0 Å². The lowest BCUT2D eigenvalue weighted by Gasteiger charge is -2.19. The third-order valence-corrected chi connectivity index (χ3v) is 6.01. The van der Waals surface area contributed by atoms with Crippen molar-refractivity contribution in [1.82, 2.24) is 10.7 Å². The molecule has 0 aliphatic carbocycles. The van der Waals surface area contributed by atoms with E-state index in [1.807, 2.05) is 87.5 Å². The molecule has 8 heteroatoms. The maximum absolute atomic E-state index is 12.8. The fraction of sp³-hybridized carbons (Fsp3) is 0.276. The van der Waals surface area contributed by atoms with Gasteiger partial charge in [0, 0.05) is 0 Å². The minimum absolute atomic E-state index is 0.178. The quantitative estimate of drug-likeness (QED) is 0.227. The molecule has 3 aromatic rings. The van der Waals surface area contributed by atoms with Gasteiger partial charge in [-0.05, 0) is 76.1 Å². The van der Waals surface area contributed by atoms with E-state index in [9.17, 15) is 9.59 Å². The van der Waals surface area contributed by atoms with Gasteiger partial charge in [0.05, 0.1) is 10.7 Å². The lowest BCUT2D eigenvalue weighted by molar-refractivity contribution is -0.130. The molecule has 2 amide bonds. The van der Waals surface area contributed by atoms with E-state index in [-0.39, 0.29) is 18.4 Å². The topological polar surface area (TPSA) is 89.0 Å². The average molecular weight is 566 g/mol. The van der Waals surface area contributed by atoms with Gasteiger partial charge in [-0.15, -0.1) is 0 Å². The molecule has 0 unspecified atom stereocenters. The summed E-state index contributed by atoms with van der Waals surface area (Å²) >= 11 is 3.52. The summed E-state index contributed by atoms with van der Waals surface area (Å²) < 4.78 is 12.2. The van der Waals surface area contributed by atoms with E-state index in [0.717, 1.165) is 21.2 Å². The summed E-state index contributed by atoms with van der Waals surface area (Å²) in [6.45, 7) is 6.16.